The van der Waals surface area contributed by atoms with Gasteiger partial charge in [-0.2, -0.15) is 0 Å². The van der Waals surface area contributed by atoms with Crippen LogP contribution in [0.15, 0.2) is 0 Å². The molecular weight excluding hydrogens is 232 g/mol. The van der Waals surface area contributed by atoms with Crippen LogP contribution in [0, 0.1) is 11.8 Å². The van der Waals surface area contributed by atoms with Crippen LogP contribution in [0.5, 0.6) is 0 Å². The molecule has 0 aromatic carbocycles. The molecule has 1 heterocycles. The van der Waals surface area contributed by atoms with E-state index < -0.39 is 17.8 Å². The van der Waals surface area contributed by atoms with Gasteiger partial charge in [-0.3, -0.25) is 9.59 Å². The van der Waals surface area contributed by atoms with Gasteiger partial charge in [0.2, 0.25) is 5.91 Å². The zero-order valence-electron chi connectivity index (χ0n) is 11.7. The molecule has 1 aliphatic rings. The molecule has 0 bridgehead atoms. The molecule has 1 aliphatic heterocycles. The van der Waals surface area contributed by atoms with Gasteiger partial charge < -0.3 is 14.9 Å². The number of likely N-dealkylation sites (N-methyl/N-ethyl adjacent to an activating group) is 2. The Morgan fingerprint density at radius 2 is 2.00 bits per heavy atom. The summed E-state index contributed by atoms with van der Waals surface area (Å²) in [5.74, 6) is -2.10. The van der Waals surface area contributed by atoms with Crippen molar-refractivity contribution in [2.75, 3.05) is 27.2 Å². The predicted octanol–water partition coefficient (Wildman–Crippen LogP) is 0.896. The summed E-state index contributed by atoms with van der Waals surface area (Å²) in [6.45, 7) is 5.04. The zero-order valence-corrected chi connectivity index (χ0v) is 11.7. The van der Waals surface area contributed by atoms with Crippen molar-refractivity contribution in [3.05, 3.63) is 0 Å². The summed E-state index contributed by atoms with van der Waals surface area (Å²) < 4.78 is 0. The first kappa shape index (κ1) is 15.0. The smallest absolute Gasteiger partial charge is 0.307 e. The normalized spacial score (nSPS) is 23.7. The van der Waals surface area contributed by atoms with Gasteiger partial charge in [0.25, 0.3) is 0 Å². The molecule has 0 aromatic heterocycles. The number of rotatable bonds is 5. The lowest BCUT2D eigenvalue weighted by Gasteiger charge is -2.28. The van der Waals surface area contributed by atoms with Crippen molar-refractivity contribution in [3.63, 3.8) is 0 Å². The summed E-state index contributed by atoms with van der Waals surface area (Å²) in [6.07, 6.45) is 2.28. The largest absolute Gasteiger partial charge is 0.481 e. The number of carbonyl (C=O) groups is 2. The molecule has 5 heteroatoms. The summed E-state index contributed by atoms with van der Waals surface area (Å²) in [5.41, 5.74) is 0. The van der Waals surface area contributed by atoms with Crippen molar-refractivity contribution in [2.45, 2.75) is 32.7 Å². The number of aliphatic carboxylic acids is 1. The fourth-order valence-corrected chi connectivity index (χ4v) is 2.39. The summed E-state index contributed by atoms with van der Waals surface area (Å²) in [4.78, 5) is 26.9. The van der Waals surface area contributed by atoms with Crippen molar-refractivity contribution in [3.8, 4) is 0 Å². The Bertz CT molecular complexity index is 319. The number of carbonyl (C=O) groups excluding carboxylic acids is 1. The lowest BCUT2D eigenvalue weighted by molar-refractivity contribution is -0.148. The van der Waals surface area contributed by atoms with Gasteiger partial charge in [-0.05, 0) is 26.4 Å². The van der Waals surface area contributed by atoms with Gasteiger partial charge >= 0.3 is 5.97 Å². The molecule has 1 amide bonds. The molecule has 0 aliphatic carbocycles. The number of nitrogens with zero attached hydrogens (tertiary/aromatic N) is 2. The molecule has 1 rings (SSSR count). The van der Waals surface area contributed by atoms with E-state index in [4.69, 9.17) is 5.11 Å². The van der Waals surface area contributed by atoms with E-state index in [1.807, 2.05) is 0 Å². The maximum Gasteiger partial charge on any atom is 0.307 e. The summed E-state index contributed by atoms with van der Waals surface area (Å²) in [5, 5.41) is 8.93. The van der Waals surface area contributed by atoms with E-state index in [1.54, 1.807) is 25.8 Å². The third-order valence-electron chi connectivity index (χ3n) is 4.06. The molecule has 1 saturated heterocycles. The van der Waals surface area contributed by atoms with Crippen molar-refractivity contribution >= 4 is 11.9 Å². The number of carboxylic acids is 1. The van der Waals surface area contributed by atoms with Crippen LogP contribution in [0.4, 0.5) is 0 Å². The van der Waals surface area contributed by atoms with Gasteiger partial charge in [-0.25, -0.2) is 0 Å². The average Bonchev–Trinajstić information content (AvgIpc) is 2.71. The molecule has 3 atom stereocenters. The molecule has 1 fully saturated rings. The Hall–Kier alpha value is -1.10. The SMILES string of the molecule is CC(C(=O)O)C(C)C(=O)N(C)CC1CCCN1C. The summed E-state index contributed by atoms with van der Waals surface area (Å²) in [7, 11) is 3.83. The topological polar surface area (TPSA) is 60.9 Å². The van der Waals surface area contributed by atoms with Gasteiger partial charge in [0.1, 0.15) is 0 Å². The molecule has 1 N–H and O–H groups in total. The van der Waals surface area contributed by atoms with Gasteiger partial charge in [-0.1, -0.05) is 13.8 Å². The fourth-order valence-electron chi connectivity index (χ4n) is 2.39. The highest BCUT2D eigenvalue weighted by Gasteiger charge is 2.30. The van der Waals surface area contributed by atoms with E-state index in [0.717, 1.165) is 13.0 Å². The summed E-state index contributed by atoms with van der Waals surface area (Å²) in [6, 6.07) is 0.409. The minimum atomic E-state index is -0.915. The molecule has 0 saturated carbocycles. The number of likely N-dealkylation sites (tertiary alicyclic amines) is 1. The molecule has 18 heavy (non-hydrogen) atoms. The quantitative estimate of drug-likeness (QED) is 0.794. The summed E-state index contributed by atoms with van der Waals surface area (Å²) >= 11 is 0. The van der Waals surface area contributed by atoms with Crippen molar-refractivity contribution in [1.29, 1.82) is 0 Å². The van der Waals surface area contributed by atoms with Crippen molar-refractivity contribution in [2.24, 2.45) is 11.8 Å². The maximum absolute atomic E-state index is 12.1. The van der Waals surface area contributed by atoms with E-state index in [0.29, 0.717) is 12.6 Å². The average molecular weight is 256 g/mol. The number of hydrogen-bond acceptors (Lipinski definition) is 3. The highest BCUT2D eigenvalue weighted by molar-refractivity contribution is 5.84. The Labute approximate surface area is 109 Å². The third kappa shape index (κ3) is 3.45. The van der Waals surface area contributed by atoms with Crippen LogP contribution >= 0.6 is 0 Å². The monoisotopic (exact) mass is 256 g/mol. The van der Waals surface area contributed by atoms with Gasteiger partial charge in [0.05, 0.1) is 5.92 Å². The van der Waals surface area contributed by atoms with Gasteiger partial charge in [-0.15, -0.1) is 0 Å². The second kappa shape index (κ2) is 6.18. The molecule has 0 spiro atoms. The number of amides is 1. The Kier molecular flexibility index (Phi) is 5.14. The third-order valence-corrected chi connectivity index (χ3v) is 4.06. The highest BCUT2D eigenvalue weighted by atomic mass is 16.4. The van der Waals surface area contributed by atoms with E-state index in [-0.39, 0.29) is 5.91 Å². The van der Waals surface area contributed by atoms with Crippen molar-refractivity contribution < 1.29 is 14.7 Å². The maximum atomic E-state index is 12.1. The first-order chi connectivity index (χ1) is 8.34. The molecular formula is C13H24N2O3. The van der Waals surface area contributed by atoms with Gasteiger partial charge in [0, 0.05) is 25.6 Å². The first-order valence-electron chi connectivity index (χ1n) is 6.52. The minimum absolute atomic E-state index is 0.0785. The van der Waals surface area contributed by atoms with Gasteiger partial charge in [0.15, 0.2) is 0 Å². The van der Waals surface area contributed by atoms with Crippen LogP contribution in [0.1, 0.15) is 26.7 Å². The fraction of sp³-hybridized carbons (Fsp3) is 0.846. The van der Waals surface area contributed by atoms with E-state index in [9.17, 15) is 9.59 Å². The van der Waals surface area contributed by atoms with Crippen LogP contribution in [0.2, 0.25) is 0 Å². The standard InChI is InChI=1S/C13H24N2O3/c1-9(10(2)13(17)18)12(16)15(4)8-11-6-5-7-14(11)3/h9-11H,5-8H2,1-4H3,(H,17,18). The number of hydrogen-bond donors (Lipinski definition) is 1. The molecule has 0 radical (unpaired) electrons. The number of carboxylic acid groups (broad SMARTS) is 1. The lowest BCUT2D eigenvalue weighted by Crippen LogP contribution is -2.43. The second-order valence-corrected chi connectivity index (χ2v) is 5.41. The Morgan fingerprint density at radius 1 is 1.39 bits per heavy atom. The van der Waals surface area contributed by atoms with Crippen LogP contribution < -0.4 is 0 Å². The van der Waals surface area contributed by atoms with Crippen LogP contribution in [0.25, 0.3) is 0 Å². The van der Waals surface area contributed by atoms with Crippen molar-refractivity contribution in [1.82, 2.24) is 9.80 Å². The molecule has 104 valence electrons. The molecule has 3 unspecified atom stereocenters. The van der Waals surface area contributed by atoms with E-state index in [2.05, 4.69) is 11.9 Å². The predicted molar refractivity (Wildman–Crippen MR) is 69.3 cm³/mol. The van der Waals surface area contributed by atoms with E-state index in [1.165, 1.54) is 6.42 Å². The van der Waals surface area contributed by atoms with E-state index >= 15 is 0 Å². The Morgan fingerprint density at radius 3 is 2.44 bits per heavy atom. The van der Waals surface area contributed by atoms with Crippen LogP contribution in [0.3, 0.4) is 0 Å². The molecule has 5 nitrogen and oxygen atoms in total. The minimum Gasteiger partial charge on any atom is -0.481 e. The van der Waals surface area contributed by atoms with Crippen LogP contribution in [-0.2, 0) is 9.59 Å². The Balaban J connectivity index is 2.52. The lowest BCUT2D eigenvalue weighted by atomic mass is 9.94. The molecule has 0 aromatic rings. The second-order valence-electron chi connectivity index (χ2n) is 5.41. The van der Waals surface area contributed by atoms with Crippen LogP contribution in [-0.4, -0.2) is 60.0 Å². The first-order valence-corrected chi connectivity index (χ1v) is 6.52. The zero-order chi connectivity index (χ0) is 13.9. The highest BCUT2D eigenvalue weighted by Crippen LogP contribution is 2.18.